The van der Waals surface area contributed by atoms with Gasteiger partial charge < -0.3 is 10.2 Å². The second kappa shape index (κ2) is 7.51. The highest BCUT2D eigenvalue weighted by atomic mass is 35.5. The number of sulfone groups is 1. The van der Waals surface area contributed by atoms with Crippen LogP contribution < -0.4 is 10.2 Å². The maximum atomic E-state index is 12.4. The first kappa shape index (κ1) is 18.5. The fourth-order valence-electron chi connectivity index (χ4n) is 3.45. The molecule has 25 heavy (non-hydrogen) atoms. The lowest BCUT2D eigenvalue weighted by Crippen LogP contribution is -2.55. The molecule has 1 aromatic carbocycles. The summed E-state index contributed by atoms with van der Waals surface area (Å²) in [6.45, 7) is 5.02. The predicted molar refractivity (Wildman–Crippen MR) is 99.9 cm³/mol. The Balaban J connectivity index is 1.52. The summed E-state index contributed by atoms with van der Waals surface area (Å²) in [7, 11) is -2.98. The van der Waals surface area contributed by atoms with Crippen LogP contribution in [-0.2, 0) is 14.6 Å². The van der Waals surface area contributed by atoms with Crippen LogP contribution in [0.3, 0.4) is 0 Å². The normalized spacial score (nSPS) is 24.9. The van der Waals surface area contributed by atoms with Crippen molar-refractivity contribution in [2.24, 2.45) is 0 Å². The van der Waals surface area contributed by atoms with Crippen molar-refractivity contribution in [3.63, 3.8) is 0 Å². The number of carbonyl (C=O) groups excluding carboxylic acids is 1. The van der Waals surface area contributed by atoms with Crippen molar-refractivity contribution >= 4 is 33.0 Å². The number of nitrogens with zero attached hydrogens (tertiary/aromatic N) is 2. The fraction of sp³-hybridized carbons (Fsp3) is 0.588. The number of anilines is 1. The minimum absolute atomic E-state index is 0.0613. The zero-order valence-corrected chi connectivity index (χ0v) is 15.9. The second-order valence-corrected chi connectivity index (χ2v) is 9.39. The maximum absolute atomic E-state index is 12.4. The van der Waals surface area contributed by atoms with E-state index < -0.39 is 9.84 Å². The first-order chi connectivity index (χ1) is 11.9. The molecule has 2 saturated heterocycles. The summed E-state index contributed by atoms with van der Waals surface area (Å²) in [5.74, 6) is 0.141. The molecule has 1 N–H and O–H groups in total. The molecule has 2 heterocycles. The smallest absolute Gasteiger partial charge is 0.237 e. The Bertz CT molecular complexity index is 732. The zero-order valence-electron chi connectivity index (χ0n) is 14.3. The van der Waals surface area contributed by atoms with Gasteiger partial charge in [-0.05, 0) is 25.5 Å². The van der Waals surface area contributed by atoms with Gasteiger partial charge in [0.1, 0.15) is 0 Å². The molecule has 0 unspecified atom stereocenters. The highest BCUT2D eigenvalue weighted by molar-refractivity contribution is 7.91. The Kier molecular flexibility index (Phi) is 5.55. The molecule has 0 aliphatic carbocycles. The Labute approximate surface area is 154 Å². The van der Waals surface area contributed by atoms with Crippen molar-refractivity contribution in [3.8, 4) is 0 Å². The van der Waals surface area contributed by atoms with Crippen LogP contribution in [0, 0.1) is 0 Å². The summed E-state index contributed by atoms with van der Waals surface area (Å²) in [4.78, 5) is 16.8. The number of nitrogens with one attached hydrogen (secondary N) is 1. The Hall–Kier alpha value is -1.31. The quantitative estimate of drug-likeness (QED) is 0.842. The van der Waals surface area contributed by atoms with E-state index in [2.05, 4.69) is 15.1 Å². The molecule has 138 valence electrons. The van der Waals surface area contributed by atoms with E-state index in [-0.39, 0.29) is 29.5 Å². The summed E-state index contributed by atoms with van der Waals surface area (Å²) in [5, 5.41) is 3.63. The minimum atomic E-state index is -2.98. The Morgan fingerprint density at radius 1 is 1.24 bits per heavy atom. The average molecular weight is 386 g/mol. The van der Waals surface area contributed by atoms with E-state index in [4.69, 9.17) is 11.6 Å². The molecule has 1 amide bonds. The van der Waals surface area contributed by atoms with Crippen molar-refractivity contribution in [3.05, 3.63) is 29.3 Å². The monoisotopic (exact) mass is 385 g/mol. The van der Waals surface area contributed by atoms with Crippen molar-refractivity contribution in [1.29, 1.82) is 0 Å². The highest BCUT2D eigenvalue weighted by Gasteiger charge is 2.32. The van der Waals surface area contributed by atoms with E-state index in [0.29, 0.717) is 6.42 Å². The largest absolute Gasteiger partial charge is 0.368 e. The summed E-state index contributed by atoms with van der Waals surface area (Å²) in [5.41, 5.74) is 1.03. The molecule has 1 aromatic rings. The molecule has 8 heteroatoms. The van der Waals surface area contributed by atoms with E-state index >= 15 is 0 Å². The lowest BCUT2D eigenvalue weighted by atomic mass is 10.1. The summed E-state index contributed by atoms with van der Waals surface area (Å²) in [6.07, 6.45) is 0.515. The van der Waals surface area contributed by atoms with E-state index in [1.807, 2.05) is 31.2 Å². The number of amides is 1. The van der Waals surface area contributed by atoms with Gasteiger partial charge >= 0.3 is 0 Å². The van der Waals surface area contributed by atoms with Gasteiger partial charge in [0.25, 0.3) is 0 Å². The first-order valence-electron chi connectivity index (χ1n) is 8.60. The average Bonchev–Trinajstić information content (AvgIpc) is 2.93. The highest BCUT2D eigenvalue weighted by Crippen LogP contribution is 2.26. The van der Waals surface area contributed by atoms with Gasteiger partial charge in [-0.1, -0.05) is 23.7 Å². The Morgan fingerprint density at radius 2 is 1.92 bits per heavy atom. The number of halogens is 1. The van der Waals surface area contributed by atoms with Crippen LogP contribution in [0.25, 0.3) is 0 Å². The van der Waals surface area contributed by atoms with Crippen LogP contribution in [0.1, 0.15) is 13.3 Å². The molecule has 0 saturated carbocycles. The van der Waals surface area contributed by atoms with Gasteiger partial charge in [0.05, 0.1) is 28.3 Å². The van der Waals surface area contributed by atoms with Crippen molar-refractivity contribution in [2.45, 2.75) is 25.4 Å². The van der Waals surface area contributed by atoms with Crippen LogP contribution in [0.15, 0.2) is 24.3 Å². The molecule has 0 aromatic heterocycles. The summed E-state index contributed by atoms with van der Waals surface area (Å²) >= 11 is 6.26. The van der Waals surface area contributed by atoms with Gasteiger partial charge in [0, 0.05) is 32.2 Å². The zero-order chi connectivity index (χ0) is 18.0. The number of para-hydroxylation sites is 1. The predicted octanol–water partition coefficient (Wildman–Crippen LogP) is 1.15. The molecule has 0 spiro atoms. The van der Waals surface area contributed by atoms with Gasteiger partial charge in [-0.3, -0.25) is 9.69 Å². The van der Waals surface area contributed by atoms with Crippen molar-refractivity contribution in [2.75, 3.05) is 42.6 Å². The summed E-state index contributed by atoms with van der Waals surface area (Å²) < 4.78 is 23.0. The van der Waals surface area contributed by atoms with Crippen LogP contribution >= 0.6 is 11.6 Å². The van der Waals surface area contributed by atoms with E-state index in [0.717, 1.165) is 36.9 Å². The number of hydrogen-bond acceptors (Lipinski definition) is 5. The van der Waals surface area contributed by atoms with Crippen LogP contribution in [-0.4, -0.2) is 69.0 Å². The number of hydrogen-bond donors (Lipinski definition) is 1. The van der Waals surface area contributed by atoms with Gasteiger partial charge in [-0.25, -0.2) is 8.42 Å². The molecule has 0 radical (unpaired) electrons. The van der Waals surface area contributed by atoms with Gasteiger partial charge in [0.2, 0.25) is 5.91 Å². The Morgan fingerprint density at radius 3 is 2.52 bits per heavy atom. The lowest BCUT2D eigenvalue weighted by molar-refractivity contribution is -0.126. The molecule has 2 aliphatic rings. The molecule has 6 nitrogen and oxygen atoms in total. The van der Waals surface area contributed by atoms with Gasteiger partial charge in [0.15, 0.2) is 9.84 Å². The van der Waals surface area contributed by atoms with E-state index in [9.17, 15) is 13.2 Å². The maximum Gasteiger partial charge on any atom is 0.237 e. The molecule has 2 atom stereocenters. The van der Waals surface area contributed by atoms with Crippen LogP contribution in [0.5, 0.6) is 0 Å². The third-order valence-corrected chi connectivity index (χ3v) is 7.10. The summed E-state index contributed by atoms with van der Waals surface area (Å²) in [6, 6.07) is 7.27. The fourth-order valence-corrected chi connectivity index (χ4v) is 5.38. The second-order valence-electron chi connectivity index (χ2n) is 6.76. The minimum Gasteiger partial charge on any atom is -0.368 e. The number of piperazine rings is 1. The van der Waals surface area contributed by atoms with E-state index in [1.54, 1.807) is 0 Å². The van der Waals surface area contributed by atoms with Crippen LogP contribution in [0.4, 0.5) is 5.69 Å². The van der Waals surface area contributed by atoms with Gasteiger partial charge in [-0.2, -0.15) is 0 Å². The first-order valence-corrected chi connectivity index (χ1v) is 10.8. The number of carbonyl (C=O) groups is 1. The molecule has 2 fully saturated rings. The topological polar surface area (TPSA) is 69.7 Å². The number of rotatable bonds is 4. The van der Waals surface area contributed by atoms with Crippen LogP contribution in [0.2, 0.25) is 5.02 Å². The van der Waals surface area contributed by atoms with Crippen molar-refractivity contribution in [1.82, 2.24) is 10.2 Å². The molecular formula is C17H24ClN3O3S. The number of benzene rings is 1. The molecular weight excluding hydrogens is 362 g/mol. The third kappa shape index (κ3) is 4.46. The molecule has 2 aliphatic heterocycles. The molecule has 0 bridgehead atoms. The lowest BCUT2D eigenvalue weighted by Gasteiger charge is -2.39. The SMILES string of the molecule is C[C@@H](C(=O)N[C@@H]1CCS(=O)(=O)C1)N1CCN(c2ccccc2Cl)CC1. The standard InChI is InChI=1S/C17H24ClN3O3S/c1-13(17(22)19-14-6-11-25(23,24)12-14)20-7-9-21(10-8-20)16-5-3-2-4-15(16)18/h2-5,13-14H,6-12H2,1H3,(H,19,22)/t13-,14+/m0/s1. The molecule has 3 rings (SSSR count). The van der Waals surface area contributed by atoms with Crippen molar-refractivity contribution < 1.29 is 13.2 Å². The van der Waals surface area contributed by atoms with E-state index in [1.165, 1.54) is 0 Å². The third-order valence-electron chi connectivity index (χ3n) is 5.01. The van der Waals surface area contributed by atoms with Gasteiger partial charge in [-0.15, -0.1) is 0 Å².